The van der Waals surface area contributed by atoms with Crippen LogP contribution < -0.4 is 0 Å². The molecule has 0 radical (unpaired) electrons. The van der Waals surface area contributed by atoms with E-state index in [1.165, 1.54) is 26.2 Å². The van der Waals surface area contributed by atoms with Crippen LogP contribution in [0.15, 0.2) is 146 Å². The number of rotatable bonds is 5. The maximum atomic E-state index is 15.5. The summed E-state index contributed by atoms with van der Waals surface area (Å²) in [5.74, 6) is 1.33. The number of nitrogens with zero attached hydrogens (tertiary/aromatic N) is 3. The second kappa shape index (κ2) is 11.0. The van der Waals surface area contributed by atoms with E-state index in [4.69, 9.17) is 15.0 Å². The van der Waals surface area contributed by atoms with Crippen molar-refractivity contribution in [2.75, 3.05) is 0 Å². The highest BCUT2D eigenvalue weighted by Gasteiger charge is 2.15. The number of benzene rings is 6. The van der Waals surface area contributed by atoms with E-state index < -0.39 is 0 Å². The highest BCUT2D eigenvalue weighted by molar-refractivity contribution is 7.25. The number of thiophene rings is 1. The van der Waals surface area contributed by atoms with Crippen molar-refractivity contribution in [2.45, 2.75) is 0 Å². The first-order valence-corrected chi connectivity index (χ1v) is 15.2. The van der Waals surface area contributed by atoms with Crippen LogP contribution in [0.5, 0.6) is 0 Å². The molecule has 0 unspecified atom stereocenters. The molecule has 0 N–H and O–H groups in total. The Hall–Kier alpha value is -5.52. The van der Waals surface area contributed by atoms with Crippen molar-refractivity contribution >= 4 is 31.5 Å². The largest absolute Gasteiger partial charge is 0.208 e. The highest BCUT2D eigenvalue weighted by atomic mass is 32.1. The van der Waals surface area contributed by atoms with Gasteiger partial charge in [-0.3, -0.25) is 0 Å². The Labute approximate surface area is 258 Å². The average Bonchev–Trinajstić information content (AvgIpc) is 3.47. The van der Waals surface area contributed by atoms with E-state index >= 15 is 4.39 Å². The van der Waals surface area contributed by atoms with Crippen LogP contribution >= 0.6 is 11.3 Å². The van der Waals surface area contributed by atoms with Crippen molar-refractivity contribution in [3.63, 3.8) is 0 Å². The Morgan fingerprint density at radius 2 is 0.932 bits per heavy atom. The molecule has 2 heterocycles. The normalized spacial score (nSPS) is 11.3. The SMILES string of the molecule is Fc1ccc(-c2nc(-c3ccccc3)nc(-c3ccccc3)n2)cc1-c1cccc(-c2ccc3c(c2)sc2ccccc23)c1. The zero-order valence-electron chi connectivity index (χ0n) is 23.5. The van der Waals surface area contributed by atoms with Crippen LogP contribution in [0.1, 0.15) is 0 Å². The van der Waals surface area contributed by atoms with E-state index in [0.29, 0.717) is 23.0 Å². The van der Waals surface area contributed by atoms with Gasteiger partial charge in [0.05, 0.1) is 0 Å². The molecule has 8 aromatic rings. The molecule has 0 fully saturated rings. The minimum atomic E-state index is -0.300. The molecule has 0 spiro atoms. The Kier molecular flexibility index (Phi) is 6.51. The molecule has 2 aromatic heterocycles. The summed E-state index contributed by atoms with van der Waals surface area (Å²) in [6.45, 7) is 0. The minimum absolute atomic E-state index is 0.300. The summed E-state index contributed by atoms with van der Waals surface area (Å²) in [7, 11) is 0. The summed E-state index contributed by atoms with van der Waals surface area (Å²) in [6.07, 6.45) is 0. The lowest BCUT2D eigenvalue weighted by atomic mass is 9.97. The van der Waals surface area contributed by atoms with Crippen LogP contribution in [-0.2, 0) is 0 Å². The second-order valence-corrected chi connectivity index (χ2v) is 11.7. The van der Waals surface area contributed by atoms with Crippen molar-refractivity contribution in [3.8, 4) is 56.4 Å². The summed E-state index contributed by atoms with van der Waals surface area (Å²) >= 11 is 1.79. The van der Waals surface area contributed by atoms with Crippen molar-refractivity contribution in [3.05, 3.63) is 151 Å². The van der Waals surface area contributed by atoms with Crippen LogP contribution in [0.2, 0.25) is 0 Å². The van der Waals surface area contributed by atoms with E-state index in [-0.39, 0.29) is 5.82 Å². The molecule has 5 heteroatoms. The molecular weight excluding hydrogens is 562 g/mol. The molecule has 0 saturated carbocycles. The van der Waals surface area contributed by atoms with Crippen LogP contribution in [0.3, 0.4) is 0 Å². The fraction of sp³-hybridized carbons (Fsp3) is 0. The molecule has 0 amide bonds. The van der Waals surface area contributed by atoms with Gasteiger partial charge in [-0.2, -0.15) is 0 Å². The third kappa shape index (κ3) is 4.83. The van der Waals surface area contributed by atoms with E-state index in [1.807, 2.05) is 78.9 Å². The summed E-state index contributed by atoms with van der Waals surface area (Å²) < 4.78 is 18.0. The molecule has 0 saturated heterocycles. The Balaban J connectivity index is 1.22. The smallest absolute Gasteiger partial charge is 0.164 e. The summed E-state index contributed by atoms with van der Waals surface area (Å²) in [5.41, 5.74) is 5.91. The fourth-order valence-electron chi connectivity index (χ4n) is 5.60. The molecule has 44 heavy (non-hydrogen) atoms. The van der Waals surface area contributed by atoms with Gasteiger partial charge in [-0.15, -0.1) is 11.3 Å². The predicted molar refractivity (Wildman–Crippen MR) is 180 cm³/mol. The molecule has 8 rings (SSSR count). The lowest BCUT2D eigenvalue weighted by molar-refractivity contribution is 0.631. The Bertz CT molecular complexity index is 2240. The van der Waals surface area contributed by atoms with Gasteiger partial charge in [-0.1, -0.05) is 109 Å². The molecular formula is C39H24FN3S. The molecule has 0 atom stereocenters. The van der Waals surface area contributed by atoms with Gasteiger partial charge in [-0.05, 0) is 53.1 Å². The molecule has 3 nitrogen and oxygen atoms in total. The quantitative estimate of drug-likeness (QED) is 0.202. The number of hydrogen-bond acceptors (Lipinski definition) is 4. The van der Waals surface area contributed by atoms with Crippen LogP contribution in [0.25, 0.3) is 76.6 Å². The predicted octanol–water partition coefficient (Wildman–Crippen LogP) is 10.7. The van der Waals surface area contributed by atoms with Gasteiger partial charge in [0.1, 0.15) is 5.82 Å². The topological polar surface area (TPSA) is 38.7 Å². The molecule has 0 aliphatic rings. The zero-order valence-corrected chi connectivity index (χ0v) is 24.3. The van der Waals surface area contributed by atoms with Gasteiger partial charge < -0.3 is 0 Å². The lowest BCUT2D eigenvalue weighted by Crippen LogP contribution is -2.00. The van der Waals surface area contributed by atoms with Gasteiger partial charge in [-0.25, -0.2) is 19.3 Å². The average molecular weight is 586 g/mol. The van der Waals surface area contributed by atoms with Crippen molar-refractivity contribution < 1.29 is 4.39 Å². The van der Waals surface area contributed by atoms with Crippen molar-refractivity contribution in [2.24, 2.45) is 0 Å². The second-order valence-electron chi connectivity index (χ2n) is 10.6. The van der Waals surface area contributed by atoms with Gasteiger partial charge in [0.2, 0.25) is 0 Å². The highest BCUT2D eigenvalue weighted by Crippen LogP contribution is 2.37. The Morgan fingerprint density at radius 1 is 0.386 bits per heavy atom. The summed E-state index contributed by atoms with van der Waals surface area (Å²) in [4.78, 5) is 14.4. The summed E-state index contributed by atoms with van der Waals surface area (Å²) in [6, 6.07) is 47.8. The standard InChI is InChI=1S/C39H24FN3S/c40-34-21-19-30(39-42-37(25-10-3-1-4-11-25)41-38(43-39)26-12-5-2-6-13-26)23-33(34)29-15-9-14-27(22-29)28-18-20-32-31-16-7-8-17-35(31)44-36(32)24-28/h1-24H. The van der Waals surface area contributed by atoms with Gasteiger partial charge in [0, 0.05) is 42.4 Å². The van der Waals surface area contributed by atoms with E-state index in [0.717, 1.165) is 33.4 Å². The third-order valence-corrected chi connectivity index (χ3v) is 8.94. The first-order chi connectivity index (χ1) is 21.7. The van der Waals surface area contributed by atoms with Gasteiger partial charge in [0.15, 0.2) is 17.5 Å². The minimum Gasteiger partial charge on any atom is -0.208 e. The first-order valence-electron chi connectivity index (χ1n) is 14.4. The van der Waals surface area contributed by atoms with Crippen LogP contribution in [0.4, 0.5) is 4.39 Å². The number of hydrogen-bond donors (Lipinski definition) is 0. The molecule has 0 aliphatic heterocycles. The van der Waals surface area contributed by atoms with Crippen molar-refractivity contribution in [1.29, 1.82) is 0 Å². The zero-order chi connectivity index (χ0) is 29.5. The third-order valence-electron chi connectivity index (χ3n) is 7.81. The maximum Gasteiger partial charge on any atom is 0.164 e. The van der Waals surface area contributed by atoms with Gasteiger partial charge >= 0.3 is 0 Å². The number of halogens is 1. The molecule has 208 valence electrons. The molecule has 0 bridgehead atoms. The van der Waals surface area contributed by atoms with E-state index in [2.05, 4.69) is 54.6 Å². The van der Waals surface area contributed by atoms with E-state index in [9.17, 15) is 0 Å². The molecule has 6 aromatic carbocycles. The van der Waals surface area contributed by atoms with Gasteiger partial charge in [0.25, 0.3) is 0 Å². The monoisotopic (exact) mass is 585 g/mol. The number of fused-ring (bicyclic) bond motifs is 3. The molecule has 0 aliphatic carbocycles. The number of aromatic nitrogens is 3. The van der Waals surface area contributed by atoms with Crippen molar-refractivity contribution in [1.82, 2.24) is 15.0 Å². The lowest BCUT2D eigenvalue weighted by Gasteiger charge is -2.11. The first kappa shape index (κ1) is 26.1. The maximum absolute atomic E-state index is 15.5. The van der Waals surface area contributed by atoms with E-state index in [1.54, 1.807) is 17.4 Å². The Morgan fingerprint density at radius 3 is 1.66 bits per heavy atom. The fourth-order valence-corrected chi connectivity index (χ4v) is 6.74. The van der Waals surface area contributed by atoms with Crippen LogP contribution in [0, 0.1) is 5.82 Å². The summed E-state index contributed by atoms with van der Waals surface area (Å²) in [5, 5.41) is 2.53. The van der Waals surface area contributed by atoms with Crippen LogP contribution in [-0.4, -0.2) is 15.0 Å².